The van der Waals surface area contributed by atoms with E-state index in [2.05, 4.69) is 6.58 Å². The molecule has 10 heteroatoms. The van der Waals surface area contributed by atoms with Gasteiger partial charge in [-0.25, -0.2) is 8.42 Å². The van der Waals surface area contributed by atoms with Gasteiger partial charge in [-0.05, 0) is 18.6 Å². The Labute approximate surface area is 149 Å². The van der Waals surface area contributed by atoms with Gasteiger partial charge in [0.25, 0.3) is 21.4 Å². The Kier molecular flexibility index (Phi) is 5.36. The van der Waals surface area contributed by atoms with E-state index in [1.807, 2.05) is 0 Å². The van der Waals surface area contributed by atoms with Crippen LogP contribution in [0.3, 0.4) is 0 Å². The predicted octanol–water partition coefficient (Wildman–Crippen LogP) is 3.19. The number of aryl methyl sites for hydroxylation is 1. The van der Waals surface area contributed by atoms with E-state index in [4.69, 9.17) is 0 Å². The van der Waals surface area contributed by atoms with Gasteiger partial charge < -0.3 is 0 Å². The van der Waals surface area contributed by atoms with E-state index in [0.717, 1.165) is 16.4 Å². The van der Waals surface area contributed by atoms with Crippen LogP contribution in [-0.4, -0.2) is 24.8 Å². The summed E-state index contributed by atoms with van der Waals surface area (Å²) in [4.78, 5) is 20.4. The first kappa shape index (κ1) is 19.1. The van der Waals surface area contributed by atoms with Gasteiger partial charge in [-0.15, -0.1) is 6.58 Å². The summed E-state index contributed by atoms with van der Waals surface area (Å²) in [5, 5.41) is 22.0. The zero-order valence-corrected chi connectivity index (χ0v) is 14.5. The number of nitrogens with zero attached hydrogens (tertiary/aromatic N) is 3. The zero-order valence-electron chi connectivity index (χ0n) is 13.7. The van der Waals surface area contributed by atoms with Crippen molar-refractivity contribution >= 4 is 27.1 Å². The minimum Gasteiger partial charge on any atom is -0.262 e. The SMILES string of the molecule is C=CCN(c1cccc([N+](=O)[O-])c1)S(=O)(=O)c1cc([N+](=O)[O-])ccc1C. The number of anilines is 1. The van der Waals surface area contributed by atoms with Crippen LogP contribution in [0.4, 0.5) is 17.1 Å². The molecule has 0 saturated heterocycles. The van der Waals surface area contributed by atoms with Gasteiger partial charge in [-0.2, -0.15) is 0 Å². The quantitative estimate of drug-likeness (QED) is 0.415. The first-order valence-electron chi connectivity index (χ1n) is 7.31. The maximum atomic E-state index is 13.1. The summed E-state index contributed by atoms with van der Waals surface area (Å²) < 4.78 is 27.1. The van der Waals surface area contributed by atoms with Crippen LogP contribution in [0.15, 0.2) is 60.0 Å². The summed E-state index contributed by atoms with van der Waals surface area (Å²) in [6, 6.07) is 8.64. The number of hydrogen-bond acceptors (Lipinski definition) is 6. The van der Waals surface area contributed by atoms with E-state index in [0.29, 0.717) is 5.56 Å². The summed E-state index contributed by atoms with van der Waals surface area (Å²) >= 11 is 0. The van der Waals surface area contributed by atoms with Crippen LogP contribution in [0.5, 0.6) is 0 Å². The van der Waals surface area contributed by atoms with Crippen LogP contribution in [0.25, 0.3) is 0 Å². The largest absolute Gasteiger partial charge is 0.271 e. The van der Waals surface area contributed by atoms with E-state index >= 15 is 0 Å². The van der Waals surface area contributed by atoms with E-state index < -0.39 is 19.9 Å². The molecule has 0 aromatic heterocycles. The highest BCUT2D eigenvalue weighted by atomic mass is 32.2. The third-order valence-corrected chi connectivity index (χ3v) is 5.51. The molecule has 0 aliphatic carbocycles. The molecule has 9 nitrogen and oxygen atoms in total. The second-order valence-corrected chi connectivity index (χ2v) is 7.14. The second kappa shape index (κ2) is 7.31. The van der Waals surface area contributed by atoms with Crippen molar-refractivity contribution in [1.29, 1.82) is 0 Å². The van der Waals surface area contributed by atoms with Crippen molar-refractivity contribution in [3.8, 4) is 0 Å². The minimum absolute atomic E-state index is 0.0602. The van der Waals surface area contributed by atoms with Gasteiger partial charge in [0.05, 0.1) is 27.0 Å². The molecule has 2 aromatic carbocycles. The van der Waals surface area contributed by atoms with Crippen LogP contribution < -0.4 is 4.31 Å². The van der Waals surface area contributed by atoms with Gasteiger partial charge in [0.2, 0.25) is 0 Å². The van der Waals surface area contributed by atoms with Gasteiger partial charge in [-0.1, -0.05) is 18.2 Å². The van der Waals surface area contributed by atoms with Crippen molar-refractivity contribution in [2.24, 2.45) is 0 Å². The first-order valence-corrected chi connectivity index (χ1v) is 8.75. The smallest absolute Gasteiger partial charge is 0.262 e. The van der Waals surface area contributed by atoms with E-state index in [9.17, 15) is 28.6 Å². The van der Waals surface area contributed by atoms with Crippen LogP contribution in [0.1, 0.15) is 5.56 Å². The fourth-order valence-electron chi connectivity index (χ4n) is 2.32. The normalized spacial score (nSPS) is 11.0. The van der Waals surface area contributed by atoms with E-state index in [1.165, 1.54) is 43.3 Å². The second-order valence-electron chi connectivity index (χ2n) is 5.31. The fourth-order valence-corrected chi connectivity index (χ4v) is 4.00. The van der Waals surface area contributed by atoms with Gasteiger partial charge in [0, 0.05) is 24.3 Å². The Bertz CT molecular complexity index is 987. The summed E-state index contributed by atoms with van der Waals surface area (Å²) in [6.07, 6.45) is 1.32. The lowest BCUT2D eigenvalue weighted by molar-refractivity contribution is -0.385. The van der Waals surface area contributed by atoms with Gasteiger partial charge in [0.15, 0.2) is 0 Å². The van der Waals surface area contributed by atoms with E-state index in [1.54, 1.807) is 0 Å². The average molecular weight is 377 g/mol. The molecule has 0 unspecified atom stereocenters. The number of hydrogen-bond donors (Lipinski definition) is 0. The molecule has 0 fully saturated rings. The topological polar surface area (TPSA) is 124 Å². The molecular weight excluding hydrogens is 362 g/mol. The number of benzene rings is 2. The molecule has 0 aliphatic rings. The molecule has 26 heavy (non-hydrogen) atoms. The minimum atomic E-state index is -4.21. The third kappa shape index (κ3) is 3.70. The Hall–Kier alpha value is -3.27. The molecule has 0 radical (unpaired) electrons. The summed E-state index contributed by atoms with van der Waals surface area (Å²) in [5.74, 6) is 0. The standard InChI is InChI=1S/C16H15N3O6S/c1-3-9-17(13-5-4-6-14(10-13)18(20)21)26(24,25)16-11-15(19(22)23)8-7-12(16)2/h3-8,10-11H,1,9H2,2H3. The molecular formula is C16H15N3O6S. The summed E-state index contributed by atoms with van der Waals surface area (Å²) in [5.41, 5.74) is -0.269. The number of non-ortho nitro benzene ring substituents is 2. The van der Waals surface area contributed by atoms with Crippen LogP contribution in [0.2, 0.25) is 0 Å². The molecule has 0 atom stereocenters. The van der Waals surface area contributed by atoms with Crippen LogP contribution in [-0.2, 0) is 10.0 Å². The molecule has 0 heterocycles. The average Bonchev–Trinajstić information content (AvgIpc) is 2.59. The number of nitro groups is 2. The van der Waals surface area contributed by atoms with Crippen LogP contribution >= 0.6 is 0 Å². The first-order chi connectivity index (χ1) is 12.2. The lowest BCUT2D eigenvalue weighted by atomic mass is 10.2. The molecule has 0 bridgehead atoms. The van der Waals surface area contributed by atoms with Gasteiger partial charge in [-0.3, -0.25) is 24.5 Å². The molecule has 2 aromatic rings. The third-order valence-electron chi connectivity index (χ3n) is 3.57. The van der Waals surface area contributed by atoms with Crippen molar-refractivity contribution in [3.63, 3.8) is 0 Å². The number of sulfonamides is 1. The van der Waals surface area contributed by atoms with Gasteiger partial charge in [0.1, 0.15) is 0 Å². The Morgan fingerprint density at radius 3 is 2.27 bits per heavy atom. The maximum Gasteiger partial charge on any atom is 0.271 e. The number of rotatable bonds is 7. The molecule has 136 valence electrons. The monoisotopic (exact) mass is 377 g/mol. The highest BCUT2D eigenvalue weighted by Gasteiger charge is 2.28. The Balaban J connectivity index is 2.64. The molecule has 2 rings (SSSR count). The molecule has 0 N–H and O–H groups in total. The van der Waals surface area contributed by atoms with Crippen molar-refractivity contribution in [1.82, 2.24) is 0 Å². The lowest BCUT2D eigenvalue weighted by Gasteiger charge is -2.23. The maximum absolute atomic E-state index is 13.1. The van der Waals surface area contributed by atoms with E-state index in [-0.39, 0.29) is 28.5 Å². The fraction of sp³-hybridized carbons (Fsp3) is 0.125. The highest BCUT2D eigenvalue weighted by molar-refractivity contribution is 7.92. The Morgan fingerprint density at radius 1 is 1.08 bits per heavy atom. The lowest BCUT2D eigenvalue weighted by Crippen LogP contribution is -2.31. The summed E-state index contributed by atoms with van der Waals surface area (Å²) in [6.45, 7) is 4.86. The predicted molar refractivity (Wildman–Crippen MR) is 95.7 cm³/mol. The molecule has 0 amide bonds. The molecule has 0 spiro atoms. The van der Waals surface area contributed by atoms with Crippen LogP contribution in [0, 0.1) is 27.2 Å². The van der Waals surface area contributed by atoms with Crippen molar-refractivity contribution in [2.75, 3.05) is 10.8 Å². The van der Waals surface area contributed by atoms with Crippen molar-refractivity contribution in [2.45, 2.75) is 11.8 Å². The number of nitro benzene ring substituents is 2. The zero-order chi connectivity index (χ0) is 19.5. The Morgan fingerprint density at radius 2 is 1.69 bits per heavy atom. The van der Waals surface area contributed by atoms with Crippen molar-refractivity contribution < 1.29 is 18.3 Å². The molecule has 0 saturated carbocycles. The van der Waals surface area contributed by atoms with Gasteiger partial charge >= 0.3 is 0 Å². The highest BCUT2D eigenvalue weighted by Crippen LogP contribution is 2.30. The summed E-state index contributed by atoms with van der Waals surface area (Å²) in [7, 11) is -4.21. The molecule has 0 aliphatic heterocycles. The van der Waals surface area contributed by atoms with Crippen molar-refractivity contribution in [3.05, 3.63) is 80.9 Å².